The molecule has 0 aliphatic rings. The molecular weight excluding hydrogens is 293 g/mol. The summed E-state index contributed by atoms with van der Waals surface area (Å²) in [4.78, 5) is 23.4. The number of aliphatic carboxylic acids is 1. The molecule has 0 heterocycles. The van der Waals surface area contributed by atoms with Gasteiger partial charge in [-0.2, -0.15) is 0 Å². The summed E-state index contributed by atoms with van der Waals surface area (Å²) < 4.78 is 5.39. The Balaban J connectivity index is 2.74. The second-order valence-corrected chi connectivity index (χ2v) is 4.69. The predicted octanol–water partition coefficient (Wildman–Crippen LogP) is 2.30. The van der Waals surface area contributed by atoms with Crippen LogP contribution in [0.1, 0.15) is 6.92 Å². The van der Waals surface area contributed by atoms with Crippen LogP contribution in [0.2, 0.25) is 10.0 Å². The van der Waals surface area contributed by atoms with Crippen molar-refractivity contribution >= 4 is 35.1 Å². The van der Waals surface area contributed by atoms with E-state index in [1.807, 2.05) is 0 Å². The van der Waals surface area contributed by atoms with Crippen LogP contribution in [0, 0.1) is 0 Å². The quantitative estimate of drug-likeness (QED) is 0.906. The van der Waals surface area contributed by atoms with Gasteiger partial charge in [0.05, 0.1) is 5.02 Å². The number of halogens is 2. The third-order valence-electron chi connectivity index (χ3n) is 2.32. The van der Waals surface area contributed by atoms with Crippen molar-refractivity contribution in [3.8, 4) is 5.75 Å². The van der Waals surface area contributed by atoms with Gasteiger partial charge >= 0.3 is 5.97 Å². The molecule has 1 amide bonds. The van der Waals surface area contributed by atoms with E-state index in [0.29, 0.717) is 5.02 Å². The Morgan fingerprint density at radius 1 is 1.42 bits per heavy atom. The largest absolute Gasteiger partial charge is 0.480 e. The standard InChI is InChI=1S/C12H13Cl2NO4/c1-7(12(18)15(2)6-10(16)17)19-9-5-3-4-8(13)11(9)14/h3-5,7H,6H2,1-2H3,(H,16,17). The number of hydrogen-bond acceptors (Lipinski definition) is 3. The summed E-state index contributed by atoms with van der Waals surface area (Å²) in [7, 11) is 1.38. The number of amides is 1. The Labute approximate surface area is 120 Å². The molecule has 1 N–H and O–H groups in total. The van der Waals surface area contributed by atoms with Gasteiger partial charge in [0, 0.05) is 7.05 Å². The highest BCUT2D eigenvalue weighted by molar-refractivity contribution is 6.42. The average molecular weight is 306 g/mol. The van der Waals surface area contributed by atoms with Crippen molar-refractivity contribution in [2.45, 2.75) is 13.0 Å². The molecule has 0 aliphatic heterocycles. The molecule has 0 spiro atoms. The number of rotatable bonds is 5. The van der Waals surface area contributed by atoms with E-state index in [1.165, 1.54) is 14.0 Å². The van der Waals surface area contributed by atoms with Crippen LogP contribution in [0.4, 0.5) is 0 Å². The minimum absolute atomic E-state index is 0.213. The molecule has 1 aromatic rings. The predicted molar refractivity (Wildman–Crippen MR) is 71.8 cm³/mol. The van der Waals surface area contributed by atoms with Gasteiger partial charge in [-0.3, -0.25) is 9.59 Å². The van der Waals surface area contributed by atoms with Gasteiger partial charge in [0.1, 0.15) is 17.3 Å². The molecule has 7 heteroatoms. The lowest BCUT2D eigenvalue weighted by Crippen LogP contribution is -2.40. The normalized spacial score (nSPS) is 11.8. The first-order valence-corrected chi connectivity index (χ1v) is 6.16. The number of ether oxygens (including phenoxy) is 1. The second-order valence-electron chi connectivity index (χ2n) is 3.90. The Bertz CT molecular complexity index is 493. The SMILES string of the molecule is CC(Oc1cccc(Cl)c1Cl)C(=O)N(C)CC(=O)O. The van der Waals surface area contributed by atoms with Gasteiger partial charge in [0.25, 0.3) is 5.91 Å². The molecule has 0 fully saturated rings. The lowest BCUT2D eigenvalue weighted by Gasteiger charge is -2.21. The van der Waals surface area contributed by atoms with Gasteiger partial charge in [-0.15, -0.1) is 0 Å². The Kier molecular flexibility index (Phi) is 5.44. The van der Waals surface area contributed by atoms with Gasteiger partial charge in [-0.05, 0) is 19.1 Å². The van der Waals surface area contributed by atoms with E-state index >= 15 is 0 Å². The Hall–Kier alpha value is -1.46. The molecular formula is C12H13Cl2NO4. The molecule has 0 radical (unpaired) electrons. The summed E-state index contributed by atoms with van der Waals surface area (Å²) in [5.74, 6) is -1.28. The molecule has 0 saturated heterocycles. The monoisotopic (exact) mass is 305 g/mol. The molecule has 5 nitrogen and oxygen atoms in total. The van der Waals surface area contributed by atoms with Crippen LogP contribution < -0.4 is 4.74 Å². The minimum Gasteiger partial charge on any atom is -0.480 e. The fourth-order valence-electron chi connectivity index (χ4n) is 1.41. The van der Waals surface area contributed by atoms with Crippen LogP contribution in [0.15, 0.2) is 18.2 Å². The Morgan fingerprint density at radius 3 is 2.63 bits per heavy atom. The average Bonchev–Trinajstić information content (AvgIpc) is 2.33. The molecule has 1 aromatic carbocycles. The smallest absolute Gasteiger partial charge is 0.323 e. The Morgan fingerprint density at radius 2 is 2.05 bits per heavy atom. The summed E-state index contributed by atoms with van der Waals surface area (Å²) in [5.41, 5.74) is 0. The first kappa shape index (κ1) is 15.6. The van der Waals surface area contributed by atoms with Crippen molar-refractivity contribution in [1.82, 2.24) is 4.90 Å². The number of carbonyl (C=O) groups is 2. The molecule has 0 aliphatic carbocycles. The van der Waals surface area contributed by atoms with Crippen LogP contribution in [0.25, 0.3) is 0 Å². The van der Waals surface area contributed by atoms with Crippen molar-refractivity contribution < 1.29 is 19.4 Å². The lowest BCUT2D eigenvalue weighted by atomic mass is 10.3. The number of nitrogens with zero attached hydrogens (tertiary/aromatic N) is 1. The van der Waals surface area contributed by atoms with E-state index in [2.05, 4.69) is 0 Å². The summed E-state index contributed by atoms with van der Waals surface area (Å²) in [6.45, 7) is 1.12. The molecule has 0 aromatic heterocycles. The maximum Gasteiger partial charge on any atom is 0.323 e. The van der Waals surface area contributed by atoms with Gasteiger partial charge < -0.3 is 14.7 Å². The van der Waals surface area contributed by atoms with Crippen molar-refractivity contribution in [3.63, 3.8) is 0 Å². The van der Waals surface area contributed by atoms with Gasteiger partial charge in [-0.25, -0.2) is 0 Å². The highest BCUT2D eigenvalue weighted by Gasteiger charge is 2.21. The molecule has 0 bridgehead atoms. The summed E-state index contributed by atoms with van der Waals surface area (Å²) in [6, 6.07) is 4.82. The van der Waals surface area contributed by atoms with Crippen LogP contribution in [-0.2, 0) is 9.59 Å². The molecule has 19 heavy (non-hydrogen) atoms. The van der Waals surface area contributed by atoms with Crippen LogP contribution >= 0.6 is 23.2 Å². The third-order valence-corrected chi connectivity index (χ3v) is 3.12. The highest BCUT2D eigenvalue weighted by Crippen LogP contribution is 2.32. The van der Waals surface area contributed by atoms with E-state index in [9.17, 15) is 9.59 Å². The fourth-order valence-corrected chi connectivity index (χ4v) is 1.74. The minimum atomic E-state index is -1.09. The van der Waals surface area contributed by atoms with Crippen LogP contribution in [0.3, 0.4) is 0 Å². The van der Waals surface area contributed by atoms with E-state index in [-0.39, 0.29) is 10.8 Å². The van der Waals surface area contributed by atoms with Gasteiger partial charge in [-0.1, -0.05) is 29.3 Å². The molecule has 1 atom stereocenters. The highest BCUT2D eigenvalue weighted by atomic mass is 35.5. The van der Waals surface area contributed by atoms with Crippen LogP contribution in [0.5, 0.6) is 5.75 Å². The maximum atomic E-state index is 11.8. The van der Waals surface area contributed by atoms with E-state index in [0.717, 1.165) is 4.90 Å². The summed E-state index contributed by atoms with van der Waals surface area (Å²) in [6.07, 6.45) is -0.861. The molecule has 1 rings (SSSR count). The molecule has 1 unspecified atom stereocenters. The number of carbonyl (C=O) groups excluding carboxylic acids is 1. The second kappa shape index (κ2) is 6.63. The zero-order valence-electron chi connectivity index (χ0n) is 10.4. The topological polar surface area (TPSA) is 66.8 Å². The maximum absolute atomic E-state index is 11.8. The first-order chi connectivity index (χ1) is 8.82. The zero-order valence-corrected chi connectivity index (χ0v) is 11.9. The van der Waals surface area contributed by atoms with Crippen molar-refractivity contribution in [2.24, 2.45) is 0 Å². The fraction of sp³-hybridized carbons (Fsp3) is 0.333. The number of hydrogen-bond donors (Lipinski definition) is 1. The number of carboxylic acids is 1. The van der Waals surface area contributed by atoms with Crippen molar-refractivity contribution in [1.29, 1.82) is 0 Å². The summed E-state index contributed by atoms with van der Waals surface area (Å²) >= 11 is 11.8. The van der Waals surface area contributed by atoms with Gasteiger partial charge in [0.2, 0.25) is 0 Å². The number of carboxylic acid groups (broad SMARTS) is 1. The molecule has 104 valence electrons. The third kappa shape index (κ3) is 4.29. The molecule has 0 saturated carbocycles. The summed E-state index contributed by atoms with van der Waals surface area (Å²) in [5, 5.41) is 9.14. The van der Waals surface area contributed by atoms with Gasteiger partial charge in [0.15, 0.2) is 6.10 Å². The van der Waals surface area contributed by atoms with E-state index in [4.69, 9.17) is 33.0 Å². The van der Waals surface area contributed by atoms with Crippen molar-refractivity contribution in [3.05, 3.63) is 28.2 Å². The van der Waals surface area contributed by atoms with E-state index in [1.54, 1.807) is 18.2 Å². The zero-order chi connectivity index (χ0) is 14.6. The first-order valence-electron chi connectivity index (χ1n) is 5.40. The number of benzene rings is 1. The van der Waals surface area contributed by atoms with Crippen LogP contribution in [-0.4, -0.2) is 41.6 Å². The number of likely N-dealkylation sites (N-methyl/N-ethyl adjacent to an activating group) is 1. The van der Waals surface area contributed by atoms with Crippen molar-refractivity contribution in [2.75, 3.05) is 13.6 Å². The lowest BCUT2D eigenvalue weighted by molar-refractivity contribution is -0.146. The van der Waals surface area contributed by atoms with E-state index < -0.39 is 24.5 Å².